The van der Waals surface area contributed by atoms with E-state index in [1.807, 2.05) is 37.3 Å². The number of pyridine rings is 1. The summed E-state index contributed by atoms with van der Waals surface area (Å²) >= 11 is 0. The van der Waals surface area contributed by atoms with E-state index in [0.717, 1.165) is 18.1 Å². The van der Waals surface area contributed by atoms with Crippen LogP contribution >= 0.6 is 0 Å². The van der Waals surface area contributed by atoms with Crippen LogP contribution in [0, 0.1) is 0 Å². The van der Waals surface area contributed by atoms with Gasteiger partial charge in [0.2, 0.25) is 5.43 Å². The number of benzene rings is 1. The van der Waals surface area contributed by atoms with Crippen molar-refractivity contribution in [3.63, 3.8) is 0 Å². The van der Waals surface area contributed by atoms with E-state index in [-0.39, 0.29) is 18.1 Å². The standard InChI is InChI=1S/C16H17NO4/c1-2-8-17-10-15(14(18)9-13(17)16(19)20)21-11-12-6-4-3-5-7-12/h3-7,9-10H,2,8,11H2,1H3,(H,19,20). The second-order valence-electron chi connectivity index (χ2n) is 4.66. The quantitative estimate of drug-likeness (QED) is 0.886. The van der Waals surface area contributed by atoms with Gasteiger partial charge in [-0.15, -0.1) is 0 Å². The van der Waals surface area contributed by atoms with Gasteiger partial charge in [0.25, 0.3) is 0 Å². The normalized spacial score (nSPS) is 10.3. The van der Waals surface area contributed by atoms with Gasteiger partial charge in [0.05, 0.1) is 6.20 Å². The summed E-state index contributed by atoms with van der Waals surface area (Å²) in [6, 6.07) is 10.6. The maximum Gasteiger partial charge on any atom is 0.352 e. The first-order valence-electron chi connectivity index (χ1n) is 6.76. The summed E-state index contributed by atoms with van der Waals surface area (Å²) in [5.41, 5.74) is 0.505. The largest absolute Gasteiger partial charge is 0.483 e. The Hall–Kier alpha value is -2.56. The average molecular weight is 287 g/mol. The molecule has 0 bridgehead atoms. The van der Waals surface area contributed by atoms with Gasteiger partial charge in [-0.05, 0) is 12.0 Å². The highest BCUT2D eigenvalue weighted by molar-refractivity contribution is 5.85. The number of hydrogen-bond donors (Lipinski definition) is 1. The predicted octanol–water partition coefficient (Wildman–Crippen LogP) is 2.54. The SMILES string of the molecule is CCCn1cc(OCc2ccccc2)c(=O)cc1C(=O)O. The highest BCUT2D eigenvalue weighted by Crippen LogP contribution is 2.11. The molecule has 0 aliphatic heterocycles. The zero-order valence-corrected chi connectivity index (χ0v) is 11.8. The molecule has 1 heterocycles. The number of aromatic nitrogens is 1. The third-order valence-corrected chi connectivity index (χ3v) is 3.01. The van der Waals surface area contributed by atoms with Crippen LogP contribution in [0.1, 0.15) is 29.4 Å². The summed E-state index contributed by atoms with van der Waals surface area (Å²) in [7, 11) is 0. The van der Waals surface area contributed by atoms with Gasteiger partial charge in [-0.2, -0.15) is 0 Å². The molecule has 21 heavy (non-hydrogen) atoms. The molecule has 0 aliphatic carbocycles. The Morgan fingerprint density at radius 2 is 2.00 bits per heavy atom. The summed E-state index contributed by atoms with van der Waals surface area (Å²) in [4.78, 5) is 23.1. The fourth-order valence-electron chi connectivity index (χ4n) is 2.01. The van der Waals surface area contributed by atoms with Crippen molar-refractivity contribution in [2.75, 3.05) is 0 Å². The van der Waals surface area contributed by atoms with Gasteiger partial charge in [-0.1, -0.05) is 37.3 Å². The molecule has 0 aliphatic rings. The van der Waals surface area contributed by atoms with Gasteiger partial charge >= 0.3 is 5.97 Å². The van der Waals surface area contributed by atoms with Crippen LogP contribution < -0.4 is 10.2 Å². The van der Waals surface area contributed by atoms with E-state index in [1.165, 1.54) is 10.8 Å². The molecule has 2 rings (SSSR count). The van der Waals surface area contributed by atoms with Gasteiger partial charge in [-0.25, -0.2) is 4.79 Å². The van der Waals surface area contributed by atoms with Crippen LogP contribution in [-0.2, 0) is 13.2 Å². The van der Waals surface area contributed by atoms with Crippen molar-refractivity contribution in [3.8, 4) is 5.75 Å². The number of aromatic carboxylic acids is 1. The molecule has 0 atom stereocenters. The minimum atomic E-state index is -1.12. The van der Waals surface area contributed by atoms with Gasteiger partial charge in [-0.3, -0.25) is 4.79 Å². The van der Waals surface area contributed by atoms with E-state index in [9.17, 15) is 9.59 Å². The molecule has 1 N–H and O–H groups in total. The highest BCUT2D eigenvalue weighted by Gasteiger charge is 2.13. The fourth-order valence-corrected chi connectivity index (χ4v) is 2.01. The van der Waals surface area contributed by atoms with Gasteiger partial charge in [0, 0.05) is 12.6 Å². The Morgan fingerprint density at radius 3 is 2.62 bits per heavy atom. The molecule has 0 saturated heterocycles. The molecule has 1 aromatic heterocycles. The first-order chi connectivity index (χ1) is 10.1. The molecule has 0 saturated carbocycles. The number of ether oxygens (including phenoxy) is 1. The van der Waals surface area contributed by atoms with E-state index in [1.54, 1.807) is 0 Å². The molecule has 5 nitrogen and oxygen atoms in total. The average Bonchev–Trinajstić information content (AvgIpc) is 2.48. The molecular formula is C16H17NO4. The molecule has 110 valence electrons. The number of hydrogen-bond acceptors (Lipinski definition) is 3. The molecule has 0 fully saturated rings. The lowest BCUT2D eigenvalue weighted by atomic mass is 10.2. The fraction of sp³-hybridized carbons (Fsp3) is 0.250. The summed E-state index contributed by atoms with van der Waals surface area (Å²) in [6.07, 6.45) is 2.24. The smallest absolute Gasteiger partial charge is 0.352 e. The lowest BCUT2D eigenvalue weighted by Crippen LogP contribution is -2.18. The monoisotopic (exact) mass is 287 g/mol. The van der Waals surface area contributed by atoms with Crippen LogP contribution in [0.3, 0.4) is 0 Å². The number of nitrogens with zero attached hydrogens (tertiary/aromatic N) is 1. The van der Waals surface area contributed by atoms with Crippen molar-refractivity contribution in [1.29, 1.82) is 0 Å². The van der Waals surface area contributed by atoms with Crippen molar-refractivity contribution < 1.29 is 14.6 Å². The topological polar surface area (TPSA) is 68.5 Å². The summed E-state index contributed by atoms with van der Waals surface area (Å²) in [5.74, 6) is -0.951. The van der Waals surface area contributed by atoms with E-state index in [2.05, 4.69) is 0 Å². The lowest BCUT2D eigenvalue weighted by molar-refractivity contribution is 0.0683. The Kier molecular flexibility index (Phi) is 4.77. The van der Waals surface area contributed by atoms with E-state index >= 15 is 0 Å². The van der Waals surface area contributed by atoms with Crippen molar-refractivity contribution in [3.05, 3.63) is 64.1 Å². The first kappa shape index (κ1) is 14.8. The molecular weight excluding hydrogens is 270 g/mol. The number of rotatable bonds is 6. The Morgan fingerprint density at radius 1 is 1.29 bits per heavy atom. The number of carboxylic acid groups (broad SMARTS) is 1. The van der Waals surface area contributed by atoms with Crippen molar-refractivity contribution in [2.24, 2.45) is 0 Å². The summed E-state index contributed by atoms with van der Waals surface area (Å²) < 4.78 is 7.05. The Balaban J connectivity index is 2.25. The number of carbonyl (C=O) groups is 1. The molecule has 2 aromatic rings. The van der Waals surface area contributed by atoms with Crippen LogP contribution in [-0.4, -0.2) is 15.6 Å². The zero-order chi connectivity index (χ0) is 15.2. The molecule has 0 radical (unpaired) electrons. The Bertz CT molecular complexity index is 676. The first-order valence-corrected chi connectivity index (χ1v) is 6.76. The van der Waals surface area contributed by atoms with E-state index in [0.29, 0.717) is 6.54 Å². The minimum Gasteiger partial charge on any atom is -0.483 e. The lowest BCUT2D eigenvalue weighted by Gasteiger charge is -2.12. The van der Waals surface area contributed by atoms with E-state index < -0.39 is 11.4 Å². The van der Waals surface area contributed by atoms with E-state index in [4.69, 9.17) is 9.84 Å². The maximum absolute atomic E-state index is 11.9. The maximum atomic E-state index is 11.9. The Labute approximate surface area is 122 Å². The summed E-state index contributed by atoms with van der Waals surface area (Å²) in [5, 5.41) is 9.11. The second kappa shape index (κ2) is 6.74. The number of carboxylic acids is 1. The van der Waals surface area contributed by atoms with Crippen molar-refractivity contribution in [2.45, 2.75) is 26.5 Å². The third-order valence-electron chi connectivity index (χ3n) is 3.01. The van der Waals surface area contributed by atoms with Crippen molar-refractivity contribution >= 4 is 5.97 Å². The second-order valence-corrected chi connectivity index (χ2v) is 4.66. The van der Waals surface area contributed by atoms with Crippen LogP contribution in [0.25, 0.3) is 0 Å². The van der Waals surface area contributed by atoms with Crippen molar-refractivity contribution in [1.82, 2.24) is 4.57 Å². The van der Waals surface area contributed by atoms with Crippen LogP contribution in [0.5, 0.6) is 5.75 Å². The summed E-state index contributed by atoms with van der Waals surface area (Å²) in [6.45, 7) is 2.73. The van der Waals surface area contributed by atoms with Crippen LogP contribution in [0.2, 0.25) is 0 Å². The van der Waals surface area contributed by atoms with Gasteiger partial charge in [0.15, 0.2) is 5.75 Å². The molecule has 0 unspecified atom stereocenters. The predicted molar refractivity (Wildman–Crippen MR) is 78.7 cm³/mol. The molecule has 5 heteroatoms. The third kappa shape index (κ3) is 3.72. The zero-order valence-electron chi connectivity index (χ0n) is 11.8. The highest BCUT2D eigenvalue weighted by atomic mass is 16.5. The van der Waals surface area contributed by atoms with Gasteiger partial charge in [0.1, 0.15) is 12.3 Å². The minimum absolute atomic E-state index is 0.0195. The number of aryl methyl sites for hydroxylation is 1. The van der Waals surface area contributed by atoms with Crippen LogP contribution in [0.15, 0.2) is 47.4 Å². The molecule has 0 spiro atoms. The van der Waals surface area contributed by atoms with Gasteiger partial charge < -0.3 is 14.4 Å². The van der Waals surface area contributed by atoms with Crippen LogP contribution in [0.4, 0.5) is 0 Å². The molecule has 1 aromatic carbocycles. The molecule has 0 amide bonds.